The van der Waals surface area contributed by atoms with E-state index in [2.05, 4.69) is 0 Å². The van der Waals surface area contributed by atoms with Gasteiger partial charge < -0.3 is 9.84 Å². The number of hydrazine groups is 1. The molecule has 8 heteroatoms. The lowest BCUT2D eigenvalue weighted by Crippen LogP contribution is -2.47. The molecule has 0 saturated heterocycles. The molecule has 0 heterocycles. The fourth-order valence-corrected chi connectivity index (χ4v) is 2.46. The summed E-state index contributed by atoms with van der Waals surface area (Å²) in [4.78, 5) is 11.9. The minimum atomic E-state index is -3.67. The Hall–Kier alpha value is -0.860. The maximum atomic E-state index is 11.5. The van der Waals surface area contributed by atoms with Gasteiger partial charge in [0.15, 0.2) is 0 Å². The standard InChI is InChI=1S/C6H12N2O5S/c1-13-4-6(2-3-6)14(11,12)8-7-5(9)10/h7-8H,2-4H2,1H3,(H,9,10). The van der Waals surface area contributed by atoms with Gasteiger partial charge in [-0.1, -0.05) is 0 Å². The number of methoxy groups -OCH3 is 1. The monoisotopic (exact) mass is 224 g/mol. The smallest absolute Gasteiger partial charge is 0.420 e. The van der Waals surface area contributed by atoms with E-state index in [4.69, 9.17) is 9.84 Å². The van der Waals surface area contributed by atoms with Gasteiger partial charge in [0.1, 0.15) is 4.75 Å². The molecule has 82 valence electrons. The number of carbonyl (C=O) groups is 1. The lowest BCUT2D eigenvalue weighted by Gasteiger charge is -2.15. The van der Waals surface area contributed by atoms with Crippen molar-refractivity contribution < 1.29 is 23.1 Å². The molecule has 7 nitrogen and oxygen atoms in total. The van der Waals surface area contributed by atoms with Gasteiger partial charge in [0.25, 0.3) is 0 Å². The van der Waals surface area contributed by atoms with Gasteiger partial charge in [0.2, 0.25) is 10.0 Å². The predicted octanol–water partition coefficient (Wildman–Crippen LogP) is -0.733. The molecule has 0 unspecified atom stereocenters. The summed E-state index contributed by atoms with van der Waals surface area (Å²) in [6, 6.07) is 0. The first-order valence-electron chi connectivity index (χ1n) is 3.93. The van der Waals surface area contributed by atoms with Crippen molar-refractivity contribution in [2.24, 2.45) is 0 Å². The molecule has 0 spiro atoms. The Morgan fingerprint density at radius 3 is 2.50 bits per heavy atom. The molecule has 14 heavy (non-hydrogen) atoms. The van der Waals surface area contributed by atoms with E-state index in [1.807, 2.05) is 0 Å². The molecule has 1 aliphatic rings. The van der Waals surface area contributed by atoms with Gasteiger partial charge in [-0.15, -0.1) is 4.83 Å². The van der Waals surface area contributed by atoms with Gasteiger partial charge in [-0.05, 0) is 12.8 Å². The Bertz CT molecular complexity index is 321. The van der Waals surface area contributed by atoms with Crippen LogP contribution in [0.5, 0.6) is 0 Å². The first-order valence-corrected chi connectivity index (χ1v) is 5.41. The molecular weight excluding hydrogens is 212 g/mol. The first-order chi connectivity index (χ1) is 6.43. The van der Waals surface area contributed by atoms with Gasteiger partial charge >= 0.3 is 6.09 Å². The van der Waals surface area contributed by atoms with E-state index in [0.717, 1.165) is 0 Å². The highest BCUT2D eigenvalue weighted by Gasteiger charge is 2.54. The Morgan fingerprint density at radius 2 is 2.14 bits per heavy atom. The van der Waals surface area contributed by atoms with Gasteiger partial charge in [-0.2, -0.15) is 0 Å². The summed E-state index contributed by atoms with van der Waals surface area (Å²) in [7, 11) is -2.27. The molecule has 0 radical (unpaired) electrons. The molecule has 0 aromatic rings. The highest BCUT2D eigenvalue weighted by molar-refractivity contribution is 7.91. The average Bonchev–Trinajstić information content (AvgIpc) is 2.83. The third kappa shape index (κ3) is 2.14. The summed E-state index contributed by atoms with van der Waals surface area (Å²) in [6.07, 6.45) is -0.476. The van der Waals surface area contributed by atoms with Crippen LogP contribution in [-0.4, -0.2) is 38.1 Å². The average molecular weight is 224 g/mol. The summed E-state index contributed by atoms with van der Waals surface area (Å²) in [5.74, 6) is 0. The van der Waals surface area contributed by atoms with Gasteiger partial charge in [-0.25, -0.2) is 18.6 Å². The maximum absolute atomic E-state index is 11.5. The molecule has 1 amide bonds. The molecule has 0 bridgehead atoms. The lowest BCUT2D eigenvalue weighted by atomic mass is 10.4. The van der Waals surface area contributed by atoms with E-state index >= 15 is 0 Å². The van der Waals surface area contributed by atoms with Crippen LogP contribution in [0.4, 0.5) is 4.79 Å². The second kappa shape index (κ2) is 3.71. The van der Waals surface area contributed by atoms with Crippen LogP contribution >= 0.6 is 0 Å². The van der Waals surface area contributed by atoms with Gasteiger partial charge in [-0.3, -0.25) is 0 Å². The van der Waals surface area contributed by atoms with Crippen LogP contribution in [0, 0.1) is 0 Å². The fraction of sp³-hybridized carbons (Fsp3) is 0.833. The van der Waals surface area contributed by atoms with Crippen molar-refractivity contribution in [1.82, 2.24) is 10.3 Å². The number of rotatable bonds is 5. The normalized spacial score (nSPS) is 18.9. The zero-order chi connectivity index (χ0) is 10.8. The van der Waals surface area contributed by atoms with Crippen molar-refractivity contribution >= 4 is 16.1 Å². The Labute approximate surface area is 81.5 Å². The van der Waals surface area contributed by atoms with Gasteiger partial charge in [0.05, 0.1) is 6.61 Å². The minimum Gasteiger partial charge on any atom is -0.464 e. The molecular formula is C6H12N2O5S. The number of sulfonamides is 1. The number of ether oxygens (including phenoxy) is 1. The lowest BCUT2D eigenvalue weighted by molar-refractivity contribution is 0.187. The summed E-state index contributed by atoms with van der Waals surface area (Å²) in [5, 5.41) is 8.22. The molecule has 0 aromatic heterocycles. The van der Waals surface area contributed by atoms with Crippen molar-refractivity contribution in [2.45, 2.75) is 17.6 Å². The molecule has 0 aromatic carbocycles. The summed E-state index contributed by atoms with van der Waals surface area (Å²) in [5.41, 5.74) is 1.61. The second-order valence-electron chi connectivity index (χ2n) is 3.15. The van der Waals surface area contributed by atoms with Crippen LogP contribution in [0.3, 0.4) is 0 Å². The molecule has 3 N–H and O–H groups in total. The molecule has 0 aliphatic heterocycles. The molecule has 1 rings (SSSR count). The van der Waals surface area contributed by atoms with E-state index in [0.29, 0.717) is 12.8 Å². The first kappa shape index (κ1) is 11.2. The third-order valence-electron chi connectivity index (χ3n) is 2.08. The van der Waals surface area contributed by atoms with Crippen LogP contribution in [-0.2, 0) is 14.8 Å². The number of carboxylic acid groups (broad SMARTS) is 1. The number of hydrogen-bond acceptors (Lipinski definition) is 4. The van der Waals surface area contributed by atoms with Crippen molar-refractivity contribution in [3.63, 3.8) is 0 Å². The van der Waals surface area contributed by atoms with Crippen LogP contribution < -0.4 is 10.3 Å². The van der Waals surface area contributed by atoms with Crippen molar-refractivity contribution in [3.8, 4) is 0 Å². The summed E-state index contributed by atoms with van der Waals surface area (Å²) >= 11 is 0. The number of hydrogen-bond donors (Lipinski definition) is 3. The Morgan fingerprint density at radius 1 is 1.57 bits per heavy atom. The quantitative estimate of drug-likeness (QED) is 0.534. The van der Waals surface area contributed by atoms with Crippen LogP contribution in [0.2, 0.25) is 0 Å². The molecule has 0 atom stereocenters. The van der Waals surface area contributed by atoms with Crippen molar-refractivity contribution in [1.29, 1.82) is 0 Å². The number of nitrogens with one attached hydrogen (secondary N) is 2. The minimum absolute atomic E-state index is 0.0730. The van der Waals surface area contributed by atoms with E-state index < -0.39 is 20.9 Å². The third-order valence-corrected chi connectivity index (χ3v) is 4.11. The molecule has 1 aliphatic carbocycles. The van der Waals surface area contributed by atoms with Crippen molar-refractivity contribution in [2.75, 3.05) is 13.7 Å². The van der Waals surface area contributed by atoms with E-state index in [1.54, 1.807) is 10.3 Å². The summed E-state index contributed by atoms with van der Waals surface area (Å²) < 4.78 is 26.8. The predicted molar refractivity (Wildman–Crippen MR) is 47.1 cm³/mol. The molecule has 1 saturated carbocycles. The largest absolute Gasteiger partial charge is 0.464 e. The Kier molecular flexibility index (Phi) is 2.98. The van der Waals surface area contributed by atoms with Crippen molar-refractivity contribution in [3.05, 3.63) is 0 Å². The van der Waals surface area contributed by atoms with Crippen LogP contribution in [0.15, 0.2) is 0 Å². The van der Waals surface area contributed by atoms with Crippen LogP contribution in [0.25, 0.3) is 0 Å². The van der Waals surface area contributed by atoms with E-state index in [1.165, 1.54) is 7.11 Å². The van der Waals surface area contributed by atoms with E-state index in [-0.39, 0.29) is 6.61 Å². The second-order valence-corrected chi connectivity index (χ2v) is 5.23. The topological polar surface area (TPSA) is 105 Å². The highest BCUT2D eigenvalue weighted by Crippen LogP contribution is 2.42. The zero-order valence-corrected chi connectivity index (χ0v) is 8.43. The Balaban J connectivity index is 2.61. The maximum Gasteiger partial charge on any atom is 0.420 e. The fourth-order valence-electron chi connectivity index (χ4n) is 1.11. The van der Waals surface area contributed by atoms with E-state index in [9.17, 15) is 13.2 Å². The summed E-state index contributed by atoms with van der Waals surface area (Å²) in [6.45, 7) is 0.0730. The SMILES string of the molecule is COCC1(S(=O)(=O)NNC(=O)O)CC1. The van der Waals surface area contributed by atoms with Gasteiger partial charge in [0, 0.05) is 7.11 Å². The number of amides is 1. The molecule has 1 fully saturated rings. The van der Waals surface area contributed by atoms with Crippen LogP contribution in [0.1, 0.15) is 12.8 Å². The highest BCUT2D eigenvalue weighted by atomic mass is 32.2. The zero-order valence-electron chi connectivity index (χ0n) is 7.61.